The van der Waals surface area contributed by atoms with Gasteiger partial charge in [0.1, 0.15) is 10.2 Å². The summed E-state index contributed by atoms with van der Waals surface area (Å²) in [5.74, 6) is -0.963. The average Bonchev–Trinajstić information content (AvgIpc) is 2.63. The van der Waals surface area contributed by atoms with Gasteiger partial charge in [0.15, 0.2) is 0 Å². The van der Waals surface area contributed by atoms with Crippen LogP contribution in [0.1, 0.15) is 20.8 Å². The normalized spacial score (nSPS) is 10.7. The Morgan fingerprint density at radius 3 is 2.67 bits per heavy atom. The summed E-state index contributed by atoms with van der Waals surface area (Å²) in [6.07, 6.45) is 0. The third-order valence-corrected chi connectivity index (χ3v) is 4.86. The topological polar surface area (TPSA) is 43.1 Å². The van der Waals surface area contributed by atoms with Crippen molar-refractivity contribution in [1.29, 1.82) is 0 Å². The Morgan fingerprint density at radius 2 is 2.11 bits per heavy atom. The largest absolute Gasteiger partial charge is 0.399 e. The molecular formula is C12H8BrClFNOS. The van der Waals surface area contributed by atoms with E-state index in [1.165, 1.54) is 12.1 Å². The monoisotopic (exact) mass is 347 g/mol. The molecule has 0 amide bonds. The summed E-state index contributed by atoms with van der Waals surface area (Å²) in [7, 11) is 0. The molecule has 0 aliphatic rings. The van der Waals surface area contributed by atoms with Crippen LogP contribution >= 0.6 is 38.9 Å². The van der Waals surface area contributed by atoms with Crippen molar-refractivity contribution in [2.24, 2.45) is 0 Å². The van der Waals surface area contributed by atoms with Gasteiger partial charge in [0, 0.05) is 10.2 Å². The van der Waals surface area contributed by atoms with Crippen LogP contribution in [-0.2, 0) is 0 Å². The van der Waals surface area contributed by atoms with E-state index in [0.29, 0.717) is 24.9 Å². The number of hydrogen-bond acceptors (Lipinski definition) is 3. The van der Waals surface area contributed by atoms with Gasteiger partial charge in [-0.2, -0.15) is 0 Å². The zero-order valence-electron chi connectivity index (χ0n) is 9.26. The SMILES string of the molecule is Cc1cc(N)cc(C(=O)c2cc(Br)c(Cl)s2)c1F. The van der Waals surface area contributed by atoms with E-state index < -0.39 is 11.6 Å². The molecule has 0 aliphatic carbocycles. The predicted octanol–water partition coefficient (Wildman–Crippen LogP) is 4.42. The predicted molar refractivity (Wildman–Crippen MR) is 76.0 cm³/mol. The van der Waals surface area contributed by atoms with Gasteiger partial charge in [-0.1, -0.05) is 11.6 Å². The standard InChI is InChI=1S/C12H8BrClFNOS/c1-5-2-6(16)3-7(10(5)15)11(17)9-4-8(13)12(14)18-9/h2-4H,16H2,1H3. The number of ketones is 1. The zero-order valence-corrected chi connectivity index (χ0v) is 12.4. The van der Waals surface area contributed by atoms with Crippen molar-refractivity contribution >= 4 is 50.3 Å². The molecule has 18 heavy (non-hydrogen) atoms. The van der Waals surface area contributed by atoms with Gasteiger partial charge >= 0.3 is 0 Å². The number of carbonyl (C=O) groups is 1. The van der Waals surface area contributed by atoms with Crippen LogP contribution in [0, 0.1) is 12.7 Å². The molecule has 6 heteroatoms. The van der Waals surface area contributed by atoms with Crippen LogP contribution in [0.5, 0.6) is 0 Å². The van der Waals surface area contributed by atoms with Crippen LogP contribution < -0.4 is 5.73 Å². The fraction of sp³-hybridized carbons (Fsp3) is 0.0833. The van der Waals surface area contributed by atoms with Gasteiger partial charge in [-0.05, 0) is 46.6 Å². The molecule has 1 aromatic heterocycles. The first-order valence-electron chi connectivity index (χ1n) is 4.95. The van der Waals surface area contributed by atoms with Crippen molar-refractivity contribution in [3.05, 3.63) is 48.8 Å². The molecule has 0 fully saturated rings. The van der Waals surface area contributed by atoms with Crippen molar-refractivity contribution in [1.82, 2.24) is 0 Å². The first-order valence-corrected chi connectivity index (χ1v) is 6.94. The number of rotatable bonds is 2. The summed E-state index contributed by atoms with van der Waals surface area (Å²) in [5.41, 5.74) is 6.31. The maximum atomic E-state index is 13.9. The second-order valence-electron chi connectivity index (χ2n) is 3.76. The number of halogens is 3. The quantitative estimate of drug-likeness (QED) is 0.644. The van der Waals surface area contributed by atoms with Crippen LogP contribution in [0.2, 0.25) is 4.34 Å². The number of hydrogen-bond donors (Lipinski definition) is 1. The van der Waals surface area contributed by atoms with Gasteiger partial charge in [-0.25, -0.2) is 4.39 Å². The van der Waals surface area contributed by atoms with Crippen molar-refractivity contribution in [2.75, 3.05) is 5.73 Å². The minimum Gasteiger partial charge on any atom is -0.399 e. The van der Waals surface area contributed by atoms with E-state index in [-0.39, 0.29) is 5.56 Å². The molecular weight excluding hydrogens is 341 g/mol. The lowest BCUT2D eigenvalue weighted by Gasteiger charge is -2.05. The number of benzene rings is 1. The zero-order chi connectivity index (χ0) is 13.4. The van der Waals surface area contributed by atoms with E-state index in [2.05, 4.69) is 15.9 Å². The summed E-state index contributed by atoms with van der Waals surface area (Å²) < 4.78 is 15.0. The van der Waals surface area contributed by atoms with Crippen molar-refractivity contribution in [2.45, 2.75) is 6.92 Å². The number of carbonyl (C=O) groups excluding carboxylic acids is 1. The van der Waals surface area contributed by atoms with Gasteiger partial charge < -0.3 is 5.73 Å². The summed E-state index contributed by atoms with van der Waals surface area (Å²) >= 11 is 10.2. The van der Waals surface area contributed by atoms with Crippen molar-refractivity contribution in [3.63, 3.8) is 0 Å². The first kappa shape index (κ1) is 13.5. The molecule has 2 rings (SSSR count). The van der Waals surface area contributed by atoms with Gasteiger partial charge in [-0.3, -0.25) is 4.79 Å². The summed E-state index contributed by atoms with van der Waals surface area (Å²) in [6.45, 7) is 1.57. The highest BCUT2D eigenvalue weighted by Crippen LogP contribution is 2.33. The highest BCUT2D eigenvalue weighted by Gasteiger charge is 2.19. The molecule has 0 aliphatic heterocycles. The van der Waals surface area contributed by atoms with E-state index in [4.69, 9.17) is 17.3 Å². The fourth-order valence-electron chi connectivity index (χ4n) is 1.55. The molecule has 0 unspecified atom stereocenters. The highest BCUT2D eigenvalue weighted by atomic mass is 79.9. The Kier molecular flexibility index (Phi) is 3.75. The lowest BCUT2D eigenvalue weighted by atomic mass is 10.0. The summed E-state index contributed by atoms with van der Waals surface area (Å²) in [5, 5.41) is 0. The number of nitrogens with two attached hydrogens (primary N) is 1. The Balaban J connectivity index is 2.52. The first-order chi connectivity index (χ1) is 8.40. The molecule has 94 valence electrons. The molecule has 2 aromatic rings. The Morgan fingerprint density at radius 1 is 1.44 bits per heavy atom. The molecule has 0 saturated heterocycles. The summed E-state index contributed by atoms with van der Waals surface area (Å²) in [4.78, 5) is 12.5. The molecule has 0 saturated carbocycles. The Bertz CT molecular complexity index is 622. The van der Waals surface area contributed by atoms with Gasteiger partial charge in [0.2, 0.25) is 5.78 Å². The maximum absolute atomic E-state index is 13.9. The van der Waals surface area contributed by atoms with Gasteiger partial charge in [0.25, 0.3) is 0 Å². The van der Waals surface area contributed by atoms with E-state index >= 15 is 0 Å². The lowest BCUT2D eigenvalue weighted by molar-refractivity contribution is 0.103. The second-order valence-corrected chi connectivity index (χ2v) is 6.27. The smallest absolute Gasteiger partial charge is 0.206 e. The molecule has 1 heterocycles. The maximum Gasteiger partial charge on any atom is 0.206 e. The highest BCUT2D eigenvalue weighted by molar-refractivity contribution is 9.10. The fourth-order valence-corrected chi connectivity index (χ4v) is 3.21. The number of anilines is 1. The minimum atomic E-state index is -0.546. The molecule has 0 spiro atoms. The molecule has 1 aromatic carbocycles. The van der Waals surface area contributed by atoms with Gasteiger partial charge in [-0.15, -0.1) is 11.3 Å². The second kappa shape index (κ2) is 4.99. The van der Waals surface area contributed by atoms with Gasteiger partial charge in [0.05, 0.1) is 10.4 Å². The van der Waals surface area contributed by atoms with E-state index in [1.807, 2.05) is 0 Å². The number of aryl methyl sites for hydroxylation is 1. The van der Waals surface area contributed by atoms with Crippen molar-refractivity contribution in [3.8, 4) is 0 Å². The third kappa shape index (κ3) is 2.43. The van der Waals surface area contributed by atoms with E-state index in [0.717, 1.165) is 11.3 Å². The molecule has 0 radical (unpaired) electrons. The Labute approximate surface area is 121 Å². The molecule has 2 nitrogen and oxygen atoms in total. The van der Waals surface area contributed by atoms with E-state index in [1.54, 1.807) is 13.0 Å². The van der Waals surface area contributed by atoms with Crippen LogP contribution in [0.4, 0.5) is 10.1 Å². The molecule has 0 atom stereocenters. The van der Waals surface area contributed by atoms with E-state index in [9.17, 15) is 9.18 Å². The number of thiophene rings is 1. The van der Waals surface area contributed by atoms with Crippen LogP contribution in [0.15, 0.2) is 22.7 Å². The van der Waals surface area contributed by atoms with Crippen LogP contribution in [0.3, 0.4) is 0 Å². The lowest BCUT2D eigenvalue weighted by Crippen LogP contribution is -2.05. The molecule has 0 bridgehead atoms. The minimum absolute atomic E-state index is 0.0297. The van der Waals surface area contributed by atoms with Crippen molar-refractivity contribution < 1.29 is 9.18 Å². The third-order valence-electron chi connectivity index (χ3n) is 2.39. The average molecular weight is 349 g/mol. The molecule has 2 N–H and O–H groups in total. The van der Waals surface area contributed by atoms with Crippen LogP contribution in [0.25, 0.3) is 0 Å². The number of nitrogen functional groups attached to an aromatic ring is 1. The summed E-state index contributed by atoms with van der Waals surface area (Å²) in [6, 6.07) is 4.41. The van der Waals surface area contributed by atoms with Crippen LogP contribution in [-0.4, -0.2) is 5.78 Å². The Hall–Kier alpha value is -0.910.